The van der Waals surface area contributed by atoms with E-state index < -0.39 is 11.0 Å². The Morgan fingerprint density at radius 2 is 1.86 bits per heavy atom. The number of anilines is 1. The van der Waals surface area contributed by atoms with E-state index in [0.717, 1.165) is 17.5 Å². The Morgan fingerprint density at radius 1 is 1.07 bits per heavy atom. The van der Waals surface area contributed by atoms with Crippen LogP contribution in [0, 0.1) is 11.5 Å². The molecule has 28 heavy (non-hydrogen) atoms. The molecule has 2 fully saturated rings. The summed E-state index contributed by atoms with van der Waals surface area (Å²) in [6, 6.07) is 15.7. The van der Waals surface area contributed by atoms with Crippen LogP contribution in [0.15, 0.2) is 48.5 Å². The predicted octanol–water partition coefficient (Wildman–Crippen LogP) is 3.62. The van der Waals surface area contributed by atoms with E-state index >= 15 is 0 Å². The molecule has 2 aliphatic heterocycles. The van der Waals surface area contributed by atoms with Crippen molar-refractivity contribution in [2.75, 3.05) is 37.6 Å². The standard InChI is InChI=1S/C20H24N4O3S/c1-27-20-8-7-17(16-5-3-2-4-6-16)13-19(20)24-12-11-23(28(24,25)26)18-9-10-22(14-18)15-21/h2-8,13,18,25-26H,9-12,14H2,1H3. The van der Waals surface area contributed by atoms with Gasteiger partial charge < -0.3 is 9.64 Å². The van der Waals surface area contributed by atoms with Gasteiger partial charge in [0.2, 0.25) is 0 Å². The normalized spacial score (nSPS) is 22.9. The van der Waals surface area contributed by atoms with Gasteiger partial charge in [-0.1, -0.05) is 36.4 Å². The highest BCUT2D eigenvalue weighted by molar-refractivity contribution is 8.23. The zero-order valence-electron chi connectivity index (χ0n) is 15.7. The average Bonchev–Trinajstić information content (AvgIpc) is 3.31. The lowest BCUT2D eigenvalue weighted by Crippen LogP contribution is -2.38. The number of benzene rings is 2. The molecule has 8 heteroatoms. The van der Waals surface area contributed by atoms with Gasteiger partial charge in [-0.25, -0.2) is 0 Å². The van der Waals surface area contributed by atoms with Gasteiger partial charge in [-0.05, 0) is 40.6 Å². The van der Waals surface area contributed by atoms with Gasteiger partial charge in [-0.3, -0.25) is 13.4 Å². The second kappa shape index (κ2) is 7.53. The third kappa shape index (κ3) is 3.27. The minimum Gasteiger partial charge on any atom is -0.495 e. The van der Waals surface area contributed by atoms with Gasteiger partial charge in [0.1, 0.15) is 11.4 Å². The highest BCUT2D eigenvalue weighted by Crippen LogP contribution is 2.57. The quantitative estimate of drug-likeness (QED) is 0.759. The maximum absolute atomic E-state index is 11.1. The first-order valence-electron chi connectivity index (χ1n) is 9.25. The molecule has 0 aromatic heterocycles. The summed E-state index contributed by atoms with van der Waals surface area (Å²) in [7, 11) is -1.59. The number of methoxy groups -OCH3 is 1. The van der Waals surface area contributed by atoms with Crippen LogP contribution in [0.5, 0.6) is 5.75 Å². The van der Waals surface area contributed by atoms with E-state index in [2.05, 4.69) is 6.19 Å². The van der Waals surface area contributed by atoms with Crippen molar-refractivity contribution >= 4 is 16.6 Å². The van der Waals surface area contributed by atoms with E-state index in [1.54, 1.807) is 20.6 Å². The lowest BCUT2D eigenvalue weighted by atomic mass is 10.0. The van der Waals surface area contributed by atoms with Crippen LogP contribution in [0.25, 0.3) is 11.1 Å². The molecule has 2 N–H and O–H groups in total. The summed E-state index contributed by atoms with van der Waals surface area (Å²) in [6.07, 6.45) is 2.90. The number of nitrogens with zero attached hydrogens (tertiary/aromatic N) is 4. The van der Waals surface area contributed by atoms with Gasteiger partial charge in [0.25, 0.3) is 0 Å². The Morgan fingerprint density at radius 3 is 2.54 bits per heavy atom. The Balaban J connectivity index is 1.66. The molecule has 7 nitrogen and oxygen atoms in total. The van der Waals surface area contributed by atoms with Crippen molar-refractivity contribution in [3.63, 3.8) is 0 Å². The summed E-state index contributed by atoms with van der Waals surface area (Å²) >= 11 is 0. The van der Waals surface area contributed by atoms with Gasteiger partial charge in [-0.15, -0.1) is 0 Å². The molecular formula is C20H24N4O3S. The molecule has 0 amide bonds. The first-order chi connectivity index (χ1) is 13.5. The summed E-state index contributed by atoms with van der Waals surface area (Å²) in [5.74, 6) is 0.603. The van der Waals surface area contributed by atoms with Crippen LogP contribution < -0.4 is 9.04 Å². The van der Waals surface area contributed by atoms with E-state index in [1.807, 2.05) is 48.5 Å². The number of hydrogen-bond donors (Lipinski definition) is 2. The molecule has 1 unspecified atom stereocenters. The van der Waals surface area contributed by atoms with Gasteiger partial charge >= 0.3 is 0 Å². The minimum atomic E-state index is -3.18. The zero-order valence-corrected chi connectivity index (χ0v) is 16.5. The van der Waals surface area contributed by atoms with Crippen molar-refractivity contribution in [2.24, 2.45) is 0 Å². The van der Waals surface area contributed by atoms with E-state index in [1.165, 1.54) is 0 Å². The van der Waals surface area contributed by atoms with E-state index in [4.69, 9.17) is 10.00 Å². The molecule has 0 saturated carbocycles. The zero-order chi connectivity index (χ0) is 19.7. The Bertz CT molecular complexity index is 887. The molecule has 0 bridgehead atoms. The van der Waals surface area contributed by atoms with Crippen molar-refractivity contribution in [3.8, 4) is 23.1 Å². The second-order valence-corrected chi connectivity index (χ2v) is 8.86. The van der Waals surface area contributed by atoms with Gasteiger partial charge in [0.05, 0.1) is 19.7 Å². The number of rotatable bonds is 4. The Hall–Kier alpha value is -2.44. The highest BCUT2D eigenvalue weighted by Gasteiger charge is 2.44. The number of likely N-dealkylation sites (tertiary alicyclic amines) is 1. The number of nitriles is 1. The topological polar surface area (TPSA) is 83.2 Å². The molecule has 2 aromatic rings. The average molecular weight is 401 g/mol. The van der Waals surface area contributed by atoms with Crippen LogP contribution in [0.2, 0.25) is 0 Å². The van der Waals surface area contributed by atoms with Gasteiger partial charge in [-0.2, -0.15) is 9.57 Å². The maximum atomic E-state index is 11.1. The Labute approximate surface area is 167 Å². The summed E-state index contributed by atoms with van der Waals surface area (Å²) in [5.41, 5.74) is 2.71. The SMILES string of the molecule is COc1ccc(-c2ccccc2)cc1N1CCN(C2CCN(C#N)C2)S1(O)O. The molecule has 2 aliphatic rings. The Kier molecular flexibility index (Phi) is 5.08. The van der Waals surface area contributed by atoms with Gasteiger partial charge in [0, 0.05) is 19.6 Å². The monoisotopic (exact) mass is 400 g/mol. The van der Waals surface area contributed by atoms with Crippen molar-refractivity contribution in [1.29, 1.82) is 5.26 Å². The lowest BCUT2D eigenvalue weighted by Gasteiger charge is -2.45. The molecular weight excluding hydrogens is 376 g/mol. The van der Waals surface area contributed by atoms with Crippen LogP contribution in [0.4, 0.5) is 5.69 Å². The largest absolute Gasteiger partial charge is 0.495 e. The summed E-state index contributed by atoms with van der Waals surface area (Å²) in [4.78, 5) is 1.67. The fourth-order valence-corrected chi connectivity index (χ4v) is 5.84. The van der Waals surface area contributed by atoms with Crippen LogP contribution >= 0.6 is 11.0 Å². The molecule has 148 valence electrons. The molecule has 0 spiro atoms. The first kappa shape index (κ1) is 18.9. The number of hydrogen-bond acceptors (Lipinski definition) is 7. The maximum Gasteiger partial charge on any atom is 0.179 e. The van der Waals surface area contributed by atoms with Crippen molar-refractivity contribution in [1.82, 2.24) is 9.21 Å². The molecule has 4 rings (SSSR count). The summed E-state index contributed by atoms with van der Waals surface area (Å²) in [6.45, 7) is 2.20. The van der Waals surface area contributed by atoms with E-state index in [9.17, 15) is 9.11 Å². The van der Waals surface area contributed by atoms with Crippen molar-refractivity contribution in [2.45, 2.75) is 12.5 Å². The van der Waals surface area contributed by atoms with Crippen LogP contribution in [0.3, 0.4) is 0 Å². The molecule has 2 saturated heterocycles. The molecule has 0 aliphatic carbocycles. The highest BCUT2D eigenvalue weighted by atomic mass is 32.3. The third-order valence-electron chi connectivity index (χ3n) is 5.40. The lowest BCUT2D eigenvalue weighted by molar-refractivity contribution is 0.310. The van der Waals surface area contributed by atoms with Crippen molar-refractivity contribution in [3.05, 3.63) is 48.5 Å². The smallest absolute Gasteiger partial charge is 0.179 e. The van der Waals surface area contributed by atoms with Gasteiger partial charge in [0.15, 0.2) is 6.19 Å². The van der Waals surface area contributed by atoms with E-state index in [0.29, 0.717) is 37.6 Å². The van der Waals surface area contributed by atoms with Crippen LogP contribution in [0.1, 0.15) is 6.42 Å². The summed E-state index contributed by atoms with van der Waals surface area (Å²) in [5, 5.41) is 9.11. The molecule has 1 atom stereocenters. The minimum absolute atomic E-state index is 0.0436. The number of ether oxygens (including phenoxy) is 1. The molecule has 0 radical (unpaired) electrons. The first-order valence-corrected chi connectivity index (χ1v) is 10.7. The molecule has 2 aromatic carbocycles. The predicted molar refractivity (Wildman–Crippen MR) is 111 cm³/mol. The summed E-state index contributed by atoms with van der Waals surface area (Å²) < 4.78 is 31.1. The fraction of sp³-hybridized carbons (Fsp3) is 0.350. The second-order valence-electron chi connectivity index (χ2n) is 6.97. The molecule has 2 heterocycles. The van der Waals surface area contributed by atoms with E-state index in [-0.39, 0.29) is 6.04 Å². The van der Waals surface area contributed by atoms with Crippen molar-refractivity contribution < 1.29 is 13.8 Å². The van der Waals surface area contributed by atoms with Crippen LogP contribution in [-0.4, -0.2) is 57.6 Å². The third-order valence-corrected chi connectivity index (χ3v) is 7.48. The fourth-order valence-electron chi connectivity index (χ4n) is 3.96. The van der Waals surface area contributed by atoms with Crippen LogP contribution in [-0.2, 0) is 0 Å².